The van der Waals surface area contributed by atoms with Crippen LogP contribution in [0.2, 0.25) is 0 Å². The van der Waals surface area contributed by atoms with Crippen LogP contribution in [0.15, 0.2) is 53.9 Å². The quantitative estimate of drug-likeness (QED) is 0.449. The van der Waals surface area contributed by atoms with Crippen molar-refractivity contribution >= 4 is 29.2 Å². The zero-order chi connectivity index (χ0) is 24.5. The fourth-order valence-electron chi connectivity index (χ4n) is 2.97. The number of carbonyl (C=O) groups is 3. The average molecular weight is 484 g/mol. The molecule has 0 aliphatic carbocycles. The summed E-state index contributed by atoms with van der Waals surface area (Å²) in [6.07, 6.45) is -1.25. The predicted molar refractivity (Wildman–Crippen MR) is 127 cm³/mol. The molecule has 0 aliphatic rings. The normalized spacial score (nSPS) is 11.3. The highest BCUT2D eigenvalue weighted by Gasteiger charge is 2.21. The molecular weight excluding hydrogens is 458 g/mol. The van der Waals surface area contributed by atoms with E-state index in [0.29, 0.717) is 22.2 Å². The maximum atomic E-state index is 12.3. The molecule has 3 rings (SSSR count). The first-order chi connectivity index (χ1) is 16.4. The van der Waals surface area contributed by atoms with Crippen LogP contribution in [0, 0.1) is 0 Å². The first-order valence-electron chi connectivity index (χ1n) is 10.4. The topological polar surface area (TPSA) is 116 Å². The van der Waals surface area contributed by atoms with Crippen LogP contribution >= 0.6 is 11.3 Å². The summed E-state index contributed by atoms with van der Waals surface area (Å²) in [5, 5.41) is 7.18. The summed E-state index contributed by atoms with van der Waals surface area (Å²) in [6, 6.07) is 14.0. The van der Waals surface area contributed by atoms with Crippen LogP contribution in [0.25, 0.3) is 10.6 Å². The van der Waals surface area contributed by atoms with Gasteiger partial charge in [0.1, 0.15) is 5.01 Å². The number of hydrogen-bond donors (Lipinski definition) is 2. The lowest BCUT2D eigenvalue weighted by atomic mass is 10.2. The van der Waals surface area contributed by atoms with Crippen LogP contribution in [0.1, 0.15) is 18.2 Å². The third-order valence-corrected chi connectivity index (χ3v) is 5.66. The number of esters is 1. The van der Waals surface area contributed by atoms with Gasteiger partial charge in [-0.05, 0) is 30.7 Å². The number of amides is 3. The minimum Gasteiger partial charge on any atom is -0.493 e. The Balaban J connectivity index is 1.49. The van der Waals surface area contributed by atoms with E-state index in [2.05, 4.69) is 15.6 Å². The molecule has 10 heteroatoms. The van der Waals surface area contributed by atoms with Crippen molar-refractivity contribution in [2.45, 2.75) is 26.0 Å². The standard InChI is InChI=1S/C24H25N3O6S/c1-15(22(29)27-24(30)25-13-16-7-5-4-6-8-16)33-21(28)12-18-14-34-23(26-18)17-9-10-19(31-2)20(11-17)32-3/h4-11,14-15H,12-13H2,1-3H3,(H2,25,27,29,30). The number of benzene rings is 2. The second-order valence-corrected chi connectivity index (χ2v) is 8.04. The number of carbonyl (C=O) groups excluding carboxylic acids is 3. The number of thiazole rings is 1. The van der Waals surface area contributed by atoms with Gasteiger partial charge in [-0.3, -0.25) is 14.9 Å². The van der Waals surface area contributed by atoms with Gasteiger partial charge in [0.05, 0.1) is 26.3 Å². The molecule has 3 aromatic rings. The van der Waals surface area contributed by atoms with Gasteiger partial charge in [-0.25, -0.2) is 9.78 Å². The van der Waals surface area contributed by atoms with Gasteiger partial charge in [-0.2, -0.15) is 0 Å². The van der Waals surface area contributed by atoms with Crippen molar-refractivity contribution in [3.63, 3.8) is 0 Å². The van der Waals surface area contributed by atoms with Crippen molar-refractivity contribution in [1.82, 2.24) is 15.6 Å². The molecule has 0 saturated heterocycles. The molecule has 0 saturated carbocycles. The Morgan fingerprint density at radius 2 is 1.76 bits per heavy atom. The Labute approximate surface area is 201 Å². The van der Waals surface area contributed by atoms with Crippen molar-refractivity contribution < 1.29 is 28.6 Å². The molecule has 178 valence electrons. The zero-order valence-electron chi connectivity index (χ0n) is 19.0. The Kier molecular flexibility index (Phi) is 8.58. The number of urea groups is 1. The third kappa shape index (κ3) is 6.79. The smallest absolute Gasteiger partial charge is 0.321 e. The number of rotatable bonds is 9. The van der Waals surface area contributed by atoms with Crippen LogP contribution in [0.5, 0.6) is 11.5 Å². The number of ether oxygens (including phenoxy) is 3. The lowest BCUT2D eigenvalue weighted by Gasteiger charge is -2.13. The molecule has 0 bridgehead atoms. The Morgan fingerprint density at radius 3 is 2.47 bits per heavy atom. The molecule has 1 heterocycles. The number of nitrogens with zero attached hydrogens (tertiary/aromatic N) is 1. The van der Waals surface area contributed by atoms with Gasteiger partial charge < -0.3 is 19.5 Å². The van der Waals surface area contributed by atoms with Crippen LogP contribution in [-0.4, -0.2) is 43.2 Å². The zero-order valence-corrected chi connectivity index (χ0v) is 19.8. The highest BCUT2D eigenvalue weighted by molar-refractivity contribution is 7.13. The number of nitrogens with one attached hydrogen (secondary N) is 2. The van der Waals surface area contributed by atoms with E-state index in [9.17, 15) is 14.4 Å². The summed E-state index contributed by atoms with van der Waals surface area (Å²) in [7, 11) is 3.11. The lowest BCUT2D eigenvalue weighted by molar-refractivity contribution is -0.153. The van der Waals surface area contributed by atoms with Crippen molar-refractivity contribution in [1.29, 1.82) is 0 Å². The molecule has 1 aromatic heterocycles. The molecule has 3 amide bonds. The van der Waals surface area contributed by atoms with E-state index >= 15 is 0 Å². The van der Waals surface area contributed by atoms with Gasteiger partial charge in [0, 0.05) is 17.5 Å². The summed E-state index contributed by atoms with van der Waals surface area (Å²) in [6.45, 7) is 1.66. The predicted octanol–water partition coefficient (Wildman–Crippen LogP) is 3.33. The van der Waals surface area contributed by atoms with Gasteiger partial charge in [0.15, 0.2) is 17.6 Å². The molecule has 9 nitrogen and oxygen atoms in total. The number of aromatic nitrogens is 1. The minimum absolute atomic E-state index is 0.110. The molecule has 34 heavy (non-hydrogen) atoms. The fourth-order valence-corrected chi connectivity index (χ4v) is 3.78. The third-order valence-electron chi connectivity index (χ3n) is 4.72. The number of hydrogen-bond acceptors (Lipinski definition) is 8. The second-order valence-electron chi connectivity index (χ2n) is 7.18. The highest BCUT2D eigenvalue weighted by atomic mass is 32.1. The van der Waals surface area contributed by atoms with Crippen LogP contribution < -0.4 is 20.1 Å². The van der Waals surface area contributed by atoms with Crippen LogP contribution in [0.4, 0.5) is 4.79 Å². The van der Waals surface area contributed by atoms with Crippen molar-refractivity contribution in [3.8, 4) is 22.1 Å². The van der Waals surface area contributed by atoms with Crippen LogP contribution in [-0.2, 0) is 27.3 Å². The van der Waals surface area contributed by atoms with Gasteiger partial charge in [0.2, 0.25) is 0 Å². The second kappa shape index (κ2) is 11.8. The molecule has 0 fully saturated rings. The first-order valence-corrected chi connectivity index (χ1v) is 11.3. The highest BCUT2D eigenvalue weighted by Crippen LogP contribution is 2.33. The summed E-state index contributed by atoms with van der Waals surface area (Å²) >= 11 is 1.37. The van der Waals surface area contributed by atoms with E-state index in [1.165, 1.54) is 18.3 Å². The average Bonchev–Trinajstić information content (AvgIpc) is 3.31. The fraction of sp³-hybridized carbons (Fsp3) is 0.250. The molecule has 0 radical (unpaired) electrons. The van der Waals surface area contributed by atoms with Crippen molar-refractivity contribution in [2.75, 3.05) is 14.2 Å². The van der Waals surface area contributed by atoms with Gasteiger partial charge in [0.25, 0.3) is 5.91 Å². The minimum atomic E-state index is -1.14. The van der Waals surface area contributed by atoms with Crippen molar-refractivity contribution in [2.24, 2.45) is 0 Å². The Morgan fingerprint density at radius 1 is 1.03 bits per heavy atom. The molecular formula is C24H25N3O6S. The van der Waals surface area contributed by atoms with Crippen molar-refractivity contribution in [3.05, 3.63) is 65.2 Å². The maximum Gasteiger partial charge on any atom is 0.321 e. The summed E-state index contributed by atoms with van der Waals surface area (Å²) in [4.78, 5) is 40.8. The number of methoxy groups -OCH3 is 2. The first kappa shape index (κ1) is 24.7. The number of imide groups is 1. The van der Waals surface area contributed by atoms with E-state index in [-0.39, 0.29) is 13.0 Å². The van der Waals surface area contributed by atoms with Gasteiger partial charge >= 0.3 is 12.0 Å². The monoisotopic (exact) mass is 483 g/mol. The van der Waals surface area contributed by atoms with Crippen LogP contribution in [0.3, 0.4) is 0 Å². The van der Waals surface area contributed by atoms with E-state index in [0.717, 1.165) is 11.1 Å². The van der Waals surface area contributed by atoms with Gasteiger partial charge in [-0.1, -0.05) is 30.3 Å². The summed E-state index contributed by atoms with van der Waals surface area (Å²) in [5.74, 6) is -0.170. The Bertz CT molecular complexity index is 1150. The Hall–Kier alpha value is -3.92. The molecule has 2 aromatic carbocycles. The van der Waals surface area contributed by atoms with E-state index in [1.807, 2.05) is 36.4 Å². The molecule has 2 N–H and O–H groups in total. The lowest BCUT2D eigenvalue weighted by Crippen LogP contribution is -2.44. The maximum absolute atomic E-state index is 12.3. The largest absolute Gasteiger partial charge is 0.493 e. The van der Waals surface area contributed by atoms with E-state index in [1.54, 1.807) is 31.7 Å². The van der Waals surface area contributed by atoms with Gasteiger partial charge in [-0.15, -0.1) is 11.3 Å². The molecule has 1 unspecified atom stereocenters. The summed E-state index contributed by atoms with van der Waals surface area (Å²) < 4.78 is 15.7. The SMILES string of the molecule is COc1ccc(-c2nc(CC(=O)OC(C)C(=O)NC(=O)NCc3ccccc3)cs2)cc1OC. The molecule has 1 atom stereocenters. The molecule has 0 spiro atoms. The summed E-state index contributed by atoms with van der Waals surface area (Å²) in [5.41, 5.74) is 2.21. The molecule has 0 aliphatic heterocycles. The van der Waals surface area contributed by atoms with E-state index in [4.69, 9.17) is 14.2 Å². The van der Waals surface area contributed by atoms with E-state index < -0.39 is 24.0 Å².